The van der Waals surface area contributed by atoms with E-state index in [0.717, 1.165) is 41.3 Å². The Morgan fingerprint density at radius 1 is 1.33 bits per heavy atom. The molecular formula is C16H19N3O2. The van der Waals surface area contributed by atoms with E-state index in [4.69, 9.17) is 9.15 Å². The van der Waals surface area contributed by atoms with E-state index >= 15 is 0 Å². The quantitative estimate of drug-likeness (QED) is 0.854. The predicted octanol–water partition coefficient (Wildman–Crippen LogP) is 3.32. The Kier molecular flexibility index (Phi) is 4.01. The predicted molar refractivity (Wildman–Crippen MR) is 83.3 cm³/mol. The SMILES string of the molecule is COCCNc1nc(C)nc2cc(C3=CCCC=C3)oc12. The van der Waals surface area contributed by atoms with E-state index in [2.05, 4.69) is 33.5 Å². The lowest BCUT2D eigenvalue weighted by Gasteiger charge is -2.06. The normalized spacial score (nSPS) is 14.5. The summed E-state index contributed by atoms with van der Waals surface area (Å²) in [5.74, 6) is 2.29. The van der Waals surface area contributed by atoms with Gasteiger partial charge in [0.15, 0.2) is 11.4 Å². The van der Waals surface area contributed by atoms with E-state index in [9.17, 15) is 0 Å². The number of ether oxygens (including phenoxy) is 1. The molecule has 1 aliphatic rings. The molecule has 2 aromatic rings. The summed E-state index contributed by atoms with van der Waals surface area (Å²) in [7, 11) is 1.68. The number of allylic oxidation sites excluding steroid dienone is 4. The van der Waals surface area contributed by atoms with Crippen molar-refractivity contribution in [1.82, 2.24) is 9.97 Å². The minimum atomic E-state index is 0.617. The molecule has 110 valence electrons. The molecule has 0 saturated carbocycles. The van der Waals surface area contributed by atoms with Gasteiger partial charge < -0.3 is 14.5 Å². The Labute approximate surface area is 123 Å². The number of nitrogens with zero attached hydrogens (tertiary/aromatic N) is 2. The molecule has 2 heterocycles. The van der Waals surface area contributed by atoms with E-state index < -0.39 is 0 Å². The van der Waals surface area contributed by atoms with Crippen molar-refractivity contribution < 1.29 is 9.15 Å². The van der Waals surface area contributed by atoms with Crippen LogP contribution in [0.25, 0.3) is 16.7 Å². The van der Waals surface area contributed by atoms with Crippen molar-refractivity contribution in [3.63, 3.8) is 0 Å². The molecule has 0 aromatic carbocycles. The van der Waals surface area contributed by atoms with Crippen molar-refractivity contribution in [3.8, 4) is 0 Å². The summed E-state index contributed by atoms with van der Waals surface area (Å²) in [6, 6.07) is 1.98. The van der Waals surface area contributed by atoms with Crippen molar-refractivity contribution in [2.45, 2.75) is 19.8 Å². The van der Waals surface area contributed by atoms with Crippen LogP contribution in [0.5, 0.6) is 0 Å². The molecule has 3 rings (SSSR count). The Bertz CT molecular complexity index is 701. The second-order valence-corrected chi connectivity index (χ2v) is 5.00. The molecule has 0 fully saturated rings. The van der Waals surface area contributed by atoms with Gasteiger partial charge in [0.25, 0.3) is 0 Å². The third-order valence-electron chi connectivity index (χ3n) is 3.36. The maximum absolute atomic E-state index is 5.98. The lowest BCUT2D eigenvalue weighted by molar-refractivity contribution is 0.210. The zero-order valence-electron chi connectivity index (χ0n) is 12.3. The fourth-order valence-electron chi connectivity index (χ4n) is 2.38. The van der Waals surface area contributed by atoms with Crippen molar-refractivity contribution >= 4 is 22.5 Å². The smallest absolute Gasteiger partial charge is 0.195 e. The number of rotatable bonds is 5. The molecule has 0 atom stereocenters. The highest BCUT2D eigenvalue weighted by Crippen LogP contribution is 2.30. The summed E-state index contributed by atoms with van der Waals surface area (Å²) in [6.07, 6.45) is 8.59. The molecule has 0 unspecified atom stereocenters. The highest BCUT2D eigenvalue weighted by atomic mass is 16.5. The first-order valence-electron chi connectivity index (χ1n) is 7.16. The van der Waals surface area contributed by atoms with Gasteiger partial charge in [-0.25, -0.2) is 9.97 Å². The van der Waals surface area contributed by atoms with Crippen LogP contribution in [0, 0.1) is 6.92 Å². The Hall–Kier alpha value is -2.14. The van der Waals surface area contributed by atoms with Gasteiger partial charge in [-0.15, -0.1) is 0 Å². The maximum atomic E-state index is 5.98. The molecule has 0 amide bonds. The molecule has 1 N–H and O–H groups in total. The third kappa shape index (κ3) is 2.97. The van der Waals surface area contributed by atoms with Crippen LogP contribution in [0.4, 0.5) is 5.82 Å². The number of aromatic nitrogens is 2. The second-order valence-electron chi connectivity index (χ2n) is 5.00. The van der Waals surface area contributed by atoms with Gasteiger partial charge in [-0.3, -0.25) is 0 Å². The van der Waals surface area contributed by atoms with Gasteiger partial charge in [-0.05, 0) is 19.8 Å². The van der Waals surface area contributed by atoms with Crippen LogP contribution in [0.2, 0.25) is 0 Å². The fourth-order valence-corrected chi connectivity index (χ4v) is 2.38. The zero-order chi connectivity index (χ0) is 14.7. The first kappa shape index (κ1) is 13.8. The van der Waals surface area contributed by atoms with Crippen LogP contribution in [-0.4, -0.2) is 30.2 Å². The molecule has 0 saturated heterocycles. The maximum Gasteiger partial charge on any atom is 0.195 e. The largest absolute Gasteiger partial charge is 0.450 e. The number of methoxy groups -OCH3 is 1. The van der Waals surface area contributed by atoms with Crippen molar-refractivity contribution in [1.29, 1.82) is 0 Å². The highest BCUT2D eigenvalue weighted by Gasteiger charge is 2.14. The highest BCUT2D eigenvalue weighted by molar-refractivity contribution is 5.88. The number of nitrogens with one attached hydrogen (secondary N) is 1. The van der Waals surface area contributed by atoms with E-state index in [-0.39, 0.29) is 0 Å². The summed E-state index contributed by atoms with van der Waals surface area (Å²) in [4.78, 5) is 8.88. The summed E-state index contributed by atoms with van der Waals surface area (Å²) in [5, 5.41) is 3.24. The van der Waals surface area contributed by atoms with E-state index in [0.29, 0.717) is 18.7 Å². The average Bonchev–Trinajstić information content (AvgIpc) is 2.92. The van der Waals surface area contributed by atoms with Crippen LogP contribution in [0.15, 0.2) is 28.7 Å². The van der Waals surface area contributed by atoms with Gasteiger partial charge in [-0.1, -0.05) is 18.2 Å². The number of anilines is 1. The molecule has 1 aliphatic carbocycles. The molecule has 5 heteroatoms. The van der Waals surface area contributed by atoms with Crippen LogP contribution in [0.3, 0.4) is 0 Å². The topological polar surface area (TPSA) is 60.2 Å². The standard InChI is InChI=1S/C16H19N3O2/c1-11-18-13-10-14(12-6-4-3-5-7-12)21-15(13)16(19-11)17-8-9-20-2/h4,6-7,10H,3,5,8-9H2,1-2H3,(H,17,18,19). The second kappa shape index (κ2) is 6.10. The Morgan fingerprint density at radius 2 is 2.24 bits per heavy atom. The summed E-state index contributed by atoms with van der Waals surface area (Å²) < 4.78 is 11.0. The van der Waals surface area contributed by atoms with Crippen LogP contribution in [0.1, 0.15) is 24.4 Å². The lowest BCUT2D eigenvalue weighted by atomic mass is 10.1. The molecule has 0 spiro atoms. The van der Waals surface area contributed by atoms with Crippen LogP contribution in [-0.2, 0) is 4.74 Å². The van der Waals surface area contributed by atoms with E-state index in [1.165, 1.54) is 0 Å². The number of furan rings is 1. The molecule has 0 aliphatic heterocycles. The minimum Gasteiger partial charge on any atom is -0.450 e. The van der Waals surface area contributed by atoms with Gasteiger partial charge in [0.2, 0.25) is 0 Å². The van der Waals surface area contributed by atoms with Crippen LogP contribution >= 0.6 is 0 Å². The van der Waals surface area contributed by atoms with E-state index in [1.807, 2.05) is 13.0 Å². The number of fused-ring (bicyclic) bond motifs is 1. The van der Waals surface area contributed by atoms with E-state index in [1.54, 1.807) is 7.11 Å². The zero-order valence-corrected chi connectivity index (χ0v) is 12.3. The fraction of sp³-hybridized carbons (Fsp3) is 0.375. The number of hydrogen-bond acceptors (Lipinski definition) is 5. The lowest BCUT2D eigenvalue weighted by Crippen LogP contribution is -2.09. The van der Waals surface area contributed by atoms with Gasteiger partial charge in [0, 0.05) is 25.3 Å². The molecule has 2 aromatic heterocycles. The minimum absolute atomic E-state index is 0.617. The molecule has 0 bridgehead atoms. The van der Waals surface area contributed by atoms with Crippen LogP contribution < -0.4 is 5.32 Å². The average molecular weight is 285 g/mol. The van der Waals surface area contributed by atoms with Gasteiger partial charge in [-0.2, -0.15) is 0 Å². The molecular weight excluding hydrogens is 266 g/mol. The summed E-state index contributed by atoms with van der Waals surface area (Å²) >= 11 is 0. The third-order valence-corrected chi connectivity index (χ3v) is 3.36. The molecule has 0 radical (unpaired) electrons. The van der Waals surface area contributed by atoms with Crippen molar-refractivity contribution in [3.05, 3.63) is 35.9 Å². The molecule has 21 heavy (non-hydrogen) atoms. The first-order chi connectivity index (χ1) is 10.3. The Balaban J connectivity index is 1.97. The van der Waals surface area contributed by atoms with Gasteiger partial charge in [0.1, 0.15) is 17.1 Å². The summed E-state index contributed by atoms with van der Waals surface area (Å²) in [6.45, 7) is 3.18. The number of aryl methyl sites for hydroxylation is 1. The van der Waals surface area contributed by atoms with Crippen molar-refractivity contribution in [2.75, 3.05) is 25.6 Å². The van der Waals surface area contributed by atoms with Gasteiger partial charge in [0.05, 0.1) is 6.61 Å². The summed E-state index contributed by atoms with van der Waals surface area (Å²) in [5.41, 5.74) is 2.64. The first-order valence-corrected chi connectivity index (χ1v) is 7.16. The van der Waals surface area contributed by atoms with Crippen molar-refractivity contribution in [2.24, 2.45) is 0 Å². The molecule has 5 nitrogen and oxygen atoms in total. The monoisotopic (exact) mass is 285 g/mol. The van der Waals surface area contributed by atoms with Gasteiger partial charge >= 0.3 is 0 Å². The Morgan fingerprint density at radius 3 is 3.00 bits per heavy atom. The number of hydrogen-bond donors (Lipinski definition) is 1.